The lowest BCUT2D eigenvalue weighted by Gasteiger charge is -2.16. The van der Waals surface area contributed by atoms with Crippen molar-refractivity contribution in [3.63, 3.8) is 0 Å². The Morgan fingerprint density at radius 2 is 1.71 bits per heavy atom. The number of hydrogen-bond acceptors (Lipinski definition) is 3. The van der Waals surface area contributed by atoms with Crippen molar-refractivity contribution < 1.29 is 13.6 Å². The summed E-state index contributed by atoms with van der Waals surface area (Å²) in [5.74, 6) is -1.79. The minimum absolute atomic E-state index is 0.00225. The number of halogens is 2. The zero-order valence-corrected chi connectivity index (χ0v) is 16.6. The number of carbonyl (C=O) groups is 1. The highest BCUT2D eigenvalue weighted by Crippen LogP contribution is 2.34. The first-order valence-corrected chi connectivity index (χ1v) is 8.90. The highest BCUT2D eigenvalue weighted by molar-refractivity contribution is 5.98. The summed E-state index contributed by atoms with van der Waals surface area (Å²) in [6, 6.07) is 7.40. The van der Waals surface area contributed by atoms with Crippen molar-refractivity contribution >= 4 is 17.7 Å². The first-order chi connectivity index (χ1) is 13.2. The average Bonchev–Trinajstić information content (AvgIpc) is 2.64. The molecule has 0 unspecified atom stereocenters. The van der Waals surface area contributed by atoms with Gasteiger partial charge in [0, 0.05) is 28.4 Å². The minimum atomic E-state index is -0.656. The number of nitrogens with zero attached hydrogens (tertiary/aromatic N) is 1. The Balaban J connectivity index is 2.54. The molecule has 0 saturated carbocycles. The van der Waals surface area contributed by atoms with E-state index in [1.807, 2.05) is 31.3 Å². The van der Waals surface area contributed by atoms with E-state index in [9.17, 15) is 4.79 Å². The van der Waals surface area contributed by atoms with E-state index in [4.69, 9.17) is 5.26 Å². The third kappa shape index (κ3) is 4.37. The van der Waals surface area contributed by atoms with Crippen LogP contribution in [0.5, 0.6) is 0 Å². The Morgan fingerprint density at radius 1 is 1.11 bits per heavy atom. The summed E-state index contributed by atoms with van der Waals surface area (Å²) in [7, 11) is 0. The standard InChI is InChI=1S/C22H23F2N3O/c1-12(2)27-17-8-6-16(7-9-17)19-15(5)20(23)18(14(4)21(19)24)10-13(3)22(28)26-11-25/h6-10,12,27H,1-5H3,(H,26,28). The van der Waals surface area contributed by atoms with E-state index in [0.717, 1.165) is 5.69 Å². The number of nitrogens with one attached hydrogen (secondary N) is 2. The summed E-state index contributed by atoms with van der Waals surface area (Å²) < 4.78 is 30.2. The fourth-order valence-corrected chi connectivity index (χ4v) is 2.96. The van der Waals surface area contributed by atoms with Crippen LogP contribution in [0.4, 0.5) is 14.5 Å². The van der Waals surface area contributed by atoms with Crippen LogP contribution in [0.1, 0.15) is 37.5 Å². The predicted molar refractivity (Wildman–Crippen MR) is 107 cm³/mol. The Morgan fingerprint density at radius 3 is 2.25 bits per heavy atom. The van der Waals surface area contributed by atoms with Crippen molar-refractivity contribution in [2.75, 3.05) is 5.32 Å². The number of benzene rings is 2. The van der Waals surface area contributed by atoms with Gasteiger partial charge in [-0.1, -0.05) is 12.1 Å². The van der Waals surface area contributed by atoms with Gasteiger partial charge in [0.1, 0.15) is 11.6 Å². The predicted octanol–water partition coefficient (Wildman–Crippen LogP) is 5.07. The Hall–Kier alpha value is -3.20. The second-order valence-corrected chi connectivity index (χ2v) is 6.94. The SMILES string of the molecule is CC(=Cc1c(C)c(F)c(-c2ccc(NC(C)C)cc2)c(C)c1F)C(=O)NC#N. The van der Waals surface area contributed by atoms with Gasteiger partial charge in [-0.3, -0.25) is 10.1 Å². The molecule has 4 nitrogen and oxygen atoms in total. The third-order valence-corrected chi connectivity index (χ3v) is 4.41. The third-order valence-electron chi connectivity index (χ3n) is 4.41. The summed E-state index contributed by atoms with van der Waals surface area (Å²) in [6.07, 6.45) is 2.78. The van der Waals surface area contributed by atoms with Crippen LogP contribution in [0.2, 0.25) is 0 Å². The summed E-state index contributed by atoms with van der Waals surface area (Å²) in [5, 5.41) is 13.7. The van der Waals surface area contributed by atoms with E-state index in [0.29, 0.717) is 5.56 Å². The number of carbonyl (C=O) groups excluding carboxylic acids is 1. The number of anilines is 1. The second-order valence-electron chi connectivity index (χ2n) is 6.94. The van der Waals surface area contributed by atoms with Crippen LogP contribution >= 0.6 is 0 Å². The molecule has 0 saturated heterocycles. The Labute approximate surface area is 163 Å². The van der Waals surface area contributed by atoms with Crippen LogP contribution in [0, 0.1) is 36.9 Å². The molecule has 6 heteroatoms. The molecule has 0 aromatic heterocycles. The molecular weight excluding hydrogens is 360 g/mol. The first-order valence-electron chi connectivity index (χ1n) is 8.90. The summed E-state index contributed by atoms with van der Waals surface area (Å²) >= 11 is 0. The summed E-state index contributed by atoms with van der Waals surface area (Å²) in [5.41, 5.74) is 2.04. The molecule has 0 radical (unpaired) electrons. The van der Waals surface area contributed by atoms with Crippen LogP contribution in [-0.2, 0) is 4.79 Å². The quantitative estimate of drug-likeness (QED) is 0.430. The molecule has 0 spiro atoms. The minimum Gasteiger partial charge on any atom is -0.383 e. The van der Waals surface area contributed by atoms with Crippen LogP contribution < -0.4 is 10.6 Å². The van der Waals surface area contributed by atoms with Gasteiger partial charge in [0.15, 0.2) is 6.19 Å². The molecule has 0 atom stereocenters. The molecule has 28 heavy (non-hydrogen) atoms. The van der Waals surface area contributed by atoms with E-state index in [2.05, 4.69) is 5.32 Å². The van der Waals surface area contributed by atoms with Gasteiger partial charge in [0.05, 0.1) is 0 Å². The Kier molecular flexibility index (Phi) is 6.53. The lowest BCUT2D eigenvalue weighted by molar-refractivity contribution is -0.116. The van der Waals surface area contributed by atoms with E-state index >= 15 is 8.78 Å². The smallest absolute Gasteiger partial charge is 0.259 e. The van der Waals surface area contributed by atoms with Crippen LogP contribution in [0.25, 0.3) is 17.2 Å². The van der Waals surface area contributed by atoms with Crippen molar-refractivity contribution in [2.45, 2.75) is 40.7 Å². The van der Waals surface area contributed by atoms with Gasteiger partial charge in [-0.2, -0.15) is 5.26 Å². The van der Waals surface area contributed by atoms with Crippen molar-refractivity contribution in [2.24, 2.45) is 0 Å². The largest absolute Gasteiger partial charge is 0.383 e. The molecular formula is C22H23F2N3O. The van der Waals surface area contributed by atoms with Gasteiger partial charge in [-0.05, 0) is 69.5 Å². The maximum Gasteiger partial charge on any atom is 0.259 e. The molecule has 0 aliphatic carbocycles. The van der Waals surface area contributed by atoms with Crippen LogP contribution in [0.15, 0.2) is 29.8 Å². The van der Waals surface area contributed by atoms with Crippen molar-refractivity contribution in [3.05, 3.63) is 58.2 Å². The lowest BCUT2D eigenvalue weighted by atomic mass is 9.92. The molecule has 146 valence electrons. The summed E-state index contributed by atoms with van der Waals surface area (Å²) in [4.78, 5) is 11.7. The second kappa shape index (κ2) is 8.66. The van der Waals surface area contributed by atoms with Gasteiger partial charge in [-0.15, -0.1) is 0 Å². The highest BCUT2D eigenvalue weighted by Gasteiger charge is 2.20. The first kappa shape index (κ1) is 21.1. The van der Waals surface area contributed by atoms with Crippen LogP contribution in [0.3, 0.4) is 0 Å². The molecule has 2 aromatic carbocycles. The van der Waals surface area contributed by atoms with Crippen molar-refractivity contribution in [1.29, 1.82) is 5.26 Å². The van der Waals surface area contributed by atoms with E-state index in [1.54, 1.807) is 12.1 Å². The normalized spacial score (nSPS) is 11.3. The number of amides is 1. The zero-order valence-electron chi connectivity index (χ0n) is 16.6. The van der Waals surface area contributed by atoms with Gasteiger partial charge in [0.25, 0.3) is 5.91 Å². The molecule has 0 heterocycles. The molecule has 2 aromatic rings. The van der Waals surface area contributed by atoms with Crippen molar-refractivity contribution in [1.82, 2.24) is 5.32 Å². The molecule has 0 aliphatic rings. The fraction of sp³-hybridized carbons (Fsp3) is 0.273. The Bertz CT molecular complexity index is 942. The molecule has 2 rings (SSSR count). The van der Waals surface area contributed by atoms with Gasteiger partial charge in [0.2, 0.25) is 0 Å². The van der Waals surface area contributed by atoms with E-state index in [-0.39, 0.29) is 33.9 Å². The topological polar surface area (TPSA) is 64.9 Å². The molecule has 0 aliphatic heterocycles. The van der Waals surface area contributed by atoms with Gasteiger partial charge < -0.3 is 5.32 Å². The maximum atomic E-state index is 15.1. The molecule has 0 fully saturated rings. The summed E-state index contributed by atoms with van der Waals surface area (Å²) in [6.45, 7) is 8.45. The fourth-order valence-electron chi connectivity index (χ4n) is 2.96. The highest BCUT2D eigenvalue weighted by atomic mass is 19.1. The molecule has 2 N–H and O–H groups in total. The molecule has 1 amide bonds. The average molecular weight is 383 g/mol. The monoisotopic (exact) mass is 383 g/mol. The lowest BCUT2D eigenvalue weighted by Crippen LogP contribution is -2.18. The molecule has 0 bridgehead atoms. The zero-order chi connectivity index (χ0) is 21.0. The van der Waals surface area contributed by atoms with E-state index < -0.39 is 17.5 Å². The maximum absolute atomic E-state index is 15.1. The number of hydrogen-bond donors (Lipinski definition) is 2. The van der Waals surface area contributed by atoms with E-state index in [1.165, 1.54) is 33.0 Å². The number of nitriles is 1. The van der Waals surface area contributed by atoms with Crippen molar-refractivity contribution in [3.8, 4) is 17.3 Å². The van der Waals surface area contributed by atoms with Gasteiger partial charge >= 0.3 is 0 Å². The van der Waals surface area contributed by atoms with Crippen LogP contribution in [-0.4, -0.2) is 11.9 Å². The number of rotatable bonds is 5. The van der Waals surface area contributed by atoms with Gasteiger partial charge in [-0.25, -0.2) is 8.78 Å².